The molecule has 5 heteroatoms. The summed E-state index contributed by atoms with van der Waals surface area (Å²) in [6, 6.07) is 4.97. The molecule has 0 amide bonds. The molecule has 0 aliphatic heterocycles. The maximum absolute atomic E-state index is 11.2. The first-order valence-electron chi connectivity index (χ1n) is 3.92. The molecule has 14 heavy (non-hydrogen) atoms. The number of carbonyl (C=O) groups is 1. The van der Waals surface area contributed by atoms with Crippen molar-refractivity contribution in [3.63, 3.8) is 0 Å². The number of fused-ring (bicyclic) bond motifs is 1. The average molecular weight is 209 g/mol. The summed E-state index contributed by atoms with van der Waals surface area (Å²) in [7, 11) is 1.32. The van der Waals surface area contributed by atoms with Gasteiger partial charge in [-0.3, -0.25) is 4.79 Å². The van der Waals surface area contributed by atoms with Crippen molar-refractivity contribution >= 4 is 27.5 Å². The molecule has 1 N–H and O–H groups in total. The number of aromatic nitrogens is 1. The standard InChI is InChI=1S/C9H7NO3S/c1-13-8(11)5-2-3-7-6(4-5)10-9(12)14-7/h2-4H,1H3,(H,10,12). The molecule has 1 aromatic carbocycles. The third kappa shape index (κ3) is 1.42. The predicted molar refractivity (Wildman–Crippen MR) is 53.8 cm³/mol. The number of aromatic amines is 1. The quantitative estimate of drug-likeness (QED) is 0.722. The van der Waals surface area contributed by atoms with Gasteiger partial charge in [-0.15, -0.1) is 0 Å². The van der Waals surface area contributed by atoms with Crippen LogP contribution in [0, 0.1) is 0 Å². The van der Waals surface area contributed by atoms with E-state index in [1.165, 1.54) is 7.11 Å². The van der Waals surface area contributed by atoms with Crippen LogP contribution in [0.5, 0.6) is 0 Å². The third-order valence-corrected chi connectivity index (χ3v) is 2.70. The Kier molecular flexibility index (Phi) is 2.09. The van der Waals surface area contributed by atoms with Gasteiger partial charge in [0.2, 0.25) is 0 Å². The van der Waals surface area contributed by atoms with Gasteiger partial charge < -0.3 is 9.72 Å². The number of nitrogens with one attached hydrogen (secondary N) is 1. The number of H-pyrrole nitrogens is 1. The highest BCUT2D eigenvalue weighted by Gasteiger charge is 2.07. The molecule has 0 saturated carbocycles. The lowest BCUT2D eigenvalue weighted by molar-refractivity contribution is 0.0601. The molecule has 0 saturated heterocycles. The number of hydrogen-bond acceptors (Lipinski definition) is 4. The van der Waals surface area contributed by atoms with Gasteiger partial charge >= 0.3 is 10.8 Å². The summed E-state index contributed by atoms with van der Waals surface area (Å²) in [6.45, 7) is 0. The number of esters is 1. The zero-order valence-corrected chi connectivity index (χ0v) is 8.18. The molecule has 1 heterocycles. The molecule has 0 bridgehead atoms. The Balaban J connectivity index is 2.61. The highest BCUT2D eigenvalue weighted by atomic mass is 32.1. The van der Waals surface area contributed by atoms with Crippen molar-refractivity contribution in [1.29, 1.82) is 0 Å². The summed E-state index contributed by atoms with van der Waals surface area (Å²) in [5.41, 5.74) is 1.11. The molecule has 2 rings (SSSR count). The predicted octanol–water partition coefficient (Wildman–Crippen LogP) is 1.38. The van der Waals surface area contributed by atoms with E-state index < -0.39 is 5.97 Å². The molecule has 0 aliphatic rings. The van der Waals surface area contributed by atoms with Crippen LogP contribution in [0.4, 0.5) is 0 Å². The first-order chi connectivity index (χ1) is 6.70. The van der Waals surface area contributed by atoms with Crippen LogP contribution in [0.15, 0.2) is 23.0 Å². The van der Waals surface area contributed by atoms with Gasteiger partial charge in [0.15, 0.2) is 0 Å². The molecule has 0 aliphatic carbocycles. The smallest absolute Gasteiger partial charge is 0.337 e. The average Bonchev–Trinajstić information content (AvgIpc) is 2.55. The van der Waals surface area contributed by atoms with Crippen molar-refractivity contribution in [3.05, 3.63) is 33.4 Å². The first-order valence-corrected chi connectivity index (χ1v) is 4.73. The Bertz CT molecular complexity index is 540. The Labute approximate surface area is 83.1 Å². The summed E-state index contributed by atoms with van der Waals surface area (Å²) >= 11 is 1.12. The maximum Gasteiger partial charge on any atom is 0.337 e. The van der Waals surface area contributed by atoms with Crippen LogP contribution < -0.4 is 4.87 Å². The molecule has 0 spiro atoms. The number of thiazole rings is 1. The van der Waals surface area contributed by atoms with Crippen LogP contribution in [0.3, 0.4) is 0 Å². The Hall–Kier alpha value is -1.62. The summed E-state index contributed by atoms with van der Waals surface area (Å²) in [4.78, 5) is 24.6. The molecule has 72 valence electrons. The second-order valence-corrected chi connectivity index (χ2v) is 3.73. The van der Waals surface area contributed by atoms with Crippen molar-refractivity contribution < 1.29 is 9.53 Å². The van der Waals surface area contributed by atoms with Crippen molar-refractivity contribution in [2.75, 3.05) is 7.11 Å². The number of hydrogen-bond donors (Lipinski definition) is 1. The molecule has 0 atom stereocenters. The number of benzene rings is 1. The van der Waals surface area contributed by atoms with Crippen molar-refractivity contribution in [3.8, 4) is 0 Å². The number of carbonyl (C=O) groups excluding carboxylic acids is 1. The molecular formula is C9H7NO3S. The van der Waals surface area contributed by atoms with E-state index >= 15 is 0 Å². The van der Waals surface area contributed by atoms with Gasteiger partial charge in [0.25, 0.3) is 0 Å². The first kappa shape index (κ1) is 8.96. The molecule has 4 nitrogen and oxygen atoms in total. The highest BCUT2D eigenvalue weighted by molar-refractivity contribution is 7.16. The van der Waals surface area contributed by atoms with Crippen LogP contribution >= 0.6 is 11.3 Å². The van der Waals surface area contributed by atoms with Crippen LogP contribution in [-0.4, -0.2) is 18.1 Å². The van der Waals surface area contributed by atoms with Gasteiger partial charge in [-0.05, 0) is 18.2 Å². The Morgan fingerprint density at radius 2 is 2.29 bits per heavy atom. The SMILES string of the molecule is COC(=O)c1ccc2sc(=O)[nH]c2c1. The van der Waals surface area contributed by atoms with Crippen LogP contribution in [-0.2, 0) is 4.74 Å². The summed E-state index contributed by atoms with van der Waals surface area (Å²) in [5.74, 6) is -0.404. The minimum atomic E-state index is -0.404. The van der Waals surface area contributed by atoms with Gasteiger partial charge in [0, 0.05) is 0 Å². The highest BCUT2D eigenvalue weighted by Crippen LogP contribution is 2.16. The molecule has 0 radical (unpaired) electrons. The maximum atomic E-state index is 11.2. The minimum absolute atomic E-state index is 0.123. The molecular weight excluding hydrogens is 202 g/mol. The van der Waals surface area contributed by atoms with Crippen LogP contribution in [0.2, 0.25) is 0 Å². The van der Waals surface area contributed by atoms with Gasteiger partial charge in [0.1, 0.15) is 0 Å². The lowest BCUT2D eigenvalue weighted by Crippen LogP contribution is -2.00. The van der Waals surface area contributed by atoms with Gasteiger partial charge in [-0.1, -0.05) is 11.3 Å². The van der Waals surface area contributed by atoms with E-state index in [-0.39, 0.29) is 4.87 Å². The largest absolute Gasteiger partial charge is 0.465 e. The lowest BCUT2D eigenvalue weighted by atomic mass is 10.2. The third-order valence-electron chi connectivity index (χ3n) is 1.84. The Morgan fingerprint density at radius 3 is 3.00 bits per heavy atom. The van der Waals surface area contributed by atoms with Gasteiger partial charge in [-0.2, -0.15) is 0 Å². The van der Waals surface area contributed by atoms with E-state index in [1.807, 2.05) is 0 Å². The second-order valence-electron chi connectivity index (χ2n) is 2.72. The van der Waals surface area contributed by atoms with E-state index in [4.69, 9.17) is 0 Å². The minimum Gasteiger partial charge on any atom is -0.465 e. The zero-order chi connectivity index (χ0) is 10.1. The molecule has 0 unspecified atom stereocenters. The number of ether oxygens (including phenoxy) is 1. The van der Waals surface area contributed by atoms with Crippen molar-refractivity contribution in [2.45, 2.75) is 0 Å². The monoisotopic (exact) mass is 209 g/mol. The van der Waals surface area contributed by atoms with Crippen molar-refractivity contribution in [1.82, 2.24) is 4.98 Å². The van der Waals surface area contributed by atoms with Crippen LogP contribution in [0.25, 0.3) is 10.2 Å². The van der Waals surface area contributed by atoms with Gasteiger partial charge in [-0.25, -0.2) is 4.79 Å². The van der Waals surface area contributed by atoms with E-state index in [1.54, 1.807) is 18.2 Å². The van der Waals surface area contributed by atoms with E-state index in [2.05, 4.69) is 9.72 Å². The van der Waals surface area contributed by atoms with E-state index in [0.717, 1.165) is 16.0 Å². The topological polar surface area (TPSA) is 59.2 Å². The number of rotatable bonds is 1. The summed E-state index contributed by atoms with van der Waals surface area (Å²) in [6.07, 6.45) is 0. The summed E-state index contributed by atoms with van der Waals surface area (Å²) < 4.78 is 5.40. The molecule has 2 aromatic rings. The van der Waals surface area contributed by atoms with Gasteiger partial charge in [0.05, 0.1) is 22.9 Å². The fraction of sp³-hybridized carbons (Fsp3) is 0.111. The Morgan fingerprint density at radius 1 is 1.50 bits per heavy atom. The van der Waals surface area contributed by atoms with E-state index in [9.17, 15) is 9.59 Å². The second kappa shape index (κ2) is 3.26. The van der Waals surface area contributed by atoms with E-state index in [0.29, 0.717) is 11.1 Å². The number of methoxy groups -OCH3 is 1. The van der Waals surface area contributed by atoms with Crippen molar-refractivity contribution in [2.24, 2.45) is 0 Å². The van der Waals surface area contributed by atoms with Crippen LogP contribution in [0.1, 0.15) is 10.4 Å². The molecule has 1 aromatic heterocycles. The lowest BCUT2D eigenvalue weighted by Gasteiger charge is -1.97. The summed E-state index contributed by atoms with van der Waals surface area (Å²) in [5, 5.41) is 0. The fourth-order valence-corrected chi connectivity index (χ4v) is 1.91. The zero-order valence-electron chi connectivity index (χ0n) is 7.37. The molecule has 0 fully saturated rings. The fourth-order valence-electron chi connectivity index (χ4n) is 1.20. The normalized spacial score (nSPS) is 10.4.